The van der Waals surface area contributed by atoms with Gasteiger partial charge in [-0.05, 0) is 169 Å². The molecule has 1 aliphatic carbocycles. The van der Waals surface area contributed by atoms with Crippen LogP contribution in [0, 0.1) is 23.7 Å². The number of carbonyl (C=O) groups is 2. The Labute approximate surface area is 461 Å². The summed E-state index contributed by atoms with van der Waals surface area (Å²) in [5.41, 5.74) is 9.76. The van der Waals surface area contributed by atoms with Crippen LogP contribution in [0.5, 0.6) is 23.0 Å². The molecule has 6 aromatic carbocycles. The fourth-order valence-corrected chi connectivity index (χ4v) is 10.4. The molecule has 0 fully saturated rings. The first-order valence-corrected chi connectivity index (χ1v) is 29.3. The fraction of sp³-hybridized carbons (Fsp3) is 0.408. The summed E-state index contributed by atoms with van der Waals surface area (Å²) >= 11 is 0. The van der Waals surface area contributed by atoms with E-state index >= 15 is 0 Å². The third-order valence-electron chi connectivity index (χ3n) is 14.8. The predicted molar refractivity (Wildman–Crippen MR) is 316 cm³/mol. The lowest BCUT2D eigenvalue weighted by Crippen LogP contribution is -2.26. The lowest BCUT2D eigenvalue weighted by atomic mass is 9.70. The van der Waals surface area contributed by atoms with Gasteiger partial charge in [-0.3, -0.25) is 0 Å². The summed E-state index contributed by atoms with van der Waals surface area (Å²) in [6, 6.07) is 42.8. The van der Waals surface area contributed by atoms with Crippen LogP contribution in [0.1, 0.15) is 223 Å². The molecule has 402 valence electrons. The van der Waals surface area contributed by atoms with E-state index in [4.69, 9.17) is 18.9 Å². The molecule has 0 spiro atoms. The van der Waals surface area contributed by atoms with Gasteiger partial charge in [-0.2, -0.15) is 0 Å². The first kappa shape index (κ1) is 57.7. The number of ether oxygens (including phenoxy) is 4. The van der Waals surface area contributed by atoms with Gasteiger partial charge in [0.15, 0.2) is 0 Å². The van der Waals surface area contributed by atoms with E-state index < -0.39 is 11.9 Å². The number of benzene rings is 6. The summed E-state index contributed by atoms with van der Waals surface area (Å²) in [6.07, 6.45) is 26.2. The molecule has 1 aliphatic rings. The fourth-order valence-electron chi connectivity index (χ4n) is 10.4. The molecule has 0 bridgehead atoms. The molecule has 77 heavy (non-hydrogen) atoms. The first-order valence-electron chi connectivity index (χ1n) is 29.3. The van der Waals surface area contributed by atoms with Crippen molar-refractivity contribution in [1.82, 2.24) is 0 Å². The quantitative estimate of drug-likeness (QED) is 0.0194. The van der Waals surface area contributed by atoms with E-state index in [-0.39, 0.29) is 5.41 Å². The van der Waals surface area contributed by atoms with E-state index in [1.165, 1.54) is 125 Å². The molecule has 0 aliphatic heterocycles. The van der Waals surface area contributed by atoms with Crippen molar-refractivity contribution in [2.45, 2.75) is 174 Å². The van der Waals surface area contributed by atoms with Crippen molar-refractivity contribution < 1.29 is 28.5 Å². The molecule has 6 nitrogen and oxygen atoms in total. The monoisotopic (exact) mass is 1030 g/mol. The van der Waals surface area contributed by atoms with E-state index in [9.17, 15) is 9.59 Å². The van der Waals surface area contributed by atoms with Crippen LogP contribution >= 0.6 is 0 Å². The molecule has 0 radical (unpaired) electrons. The second-order valence-electron chi connectivity index (χ2n) is 20.8. The van der Waals surface area contributed by atoms with Crippen molar-refractivity contribution in [1.29, 1.82) is 0 Å². The maximum atomic E-state index is 13.0. The summed E-state index contributed by atoms with van der Waals surface area (Å²) in [5, 5.41) is 0. The van der Waals surface area contributed by atoms with Crippen LogP contribution in [-0.2, 0) is 5.41 Å². The molecule has 0 saturated carbocycles. The van der Waals surface area contributed by atoms with Crippen molar-refractivity contribution in [3.8, 4) is 57.8 Å². The zero-order valence-corrected chi connectivity index (χ0v) is 46.6. The Morgan fingerprint density at radius 2 is 0.662 bits per heavy atom. The minimum absolute atomic E-state index is 0.152. The lowest BCUT2D eigenvalue weighted by molar-refractivity contribution is 0.0725. The second-order valence-corrected chi connectivity index (χ2v) is 20.8. The largest absolute Gasteiger partial charge is 0.494 e. The van der Waals surface area contributed by atoms with Gasteiger partial charge in [-0.1, -0.05) is 179 Å². The van der Waals surface area contributed by atoms with Crippen molar-refractivity contribution in [3.05, 3.63) is 178 Å². The summed E-state index contributed by atoms with van der Waals surface area (Å²) in [7, 11) is 0. The standard InChI is InChI=1S/C71H82O6/c1-5-9-13-17-19-23-51-74-61-43-35-59(36-44-61)69(72)76-63-39-29-55(30-40-63)25-27-57-33-47-65-66-48-34-58(54-68(66)71(67(65)53-57,49-21-15-11-7-3)50-22-16-12-8-4)28-26-56-31-41-64(42-32-56)77-70(73)60-37-45-62(46-38-60)75-52-24-20-18-14-10-6-2/h29-48,53-54H,5-24,49-52H2,1-4H3. The summed E-state index contributed by atoms with van der Waals surface area (Å²) in [5.74, 6) is 15.4. The number of rotatable bonds is 30. The van der Waals surface area contributed by atoms with E-state index in [1.807, 2.05) is 48.5 Å². The number of hydrogen-bond acceptors (Lipinski definition) is 6. The molecule has 0 N–H and O–H groups in total. The summed E-state index contributed by atoms with van der Waals surface area (Å²) in [6.45, 7) is 10.4. The predicted octanol–water partition coefficient (Wildman–Crippen LogP) is 18.6. The van der Waals surface area contributed by atoms with E-state index in [0.29, 0.717) is 35.8 Å². The first-order chi connectivity index (χ1) is 37.8. The number of hydrogen-bond donors (Lipinski definition) is 0. The van der Waals surface area contributed by atoms with Crippen molar-refractivity contribution in [2.75, 3.05) is 13.2 Å². The second kappa shape index (κ2) is 31.3. The van der Waals surface area contributed by atoms with Crippen LogP contribution in [0.3, 0.4) is 0 Å². The third kappa shape index (κ3) is 17.5. The van der Waals surface area contributed by atoms with Gasteiger partial charge in [0.25, 0.3) is 0 Å². The zero-order chi connectivity index (χ0) is 53.9. The molecule has 0 atom stereocenters. The summed E-state index contributed by atoms with van der Waals surface area (Å²) in [4.78, 5) is 26.1. The van der Waals surface area contributed by atoms with E-state index in [1.54, 1.807) is 48.5 Å². The summed E-state index contributed by atoms with van der Waals surface area (Å²) < 4.78 is 23.3. The van der Waals surface area contributed by atoms with Gasteiger partial charge in [0.2, 0.25) is 0 Å². The minimum atomic E-state index is -0.411. The molecule has 0 unspecified atom stereocenters. The Morgan fingerprint density at radius 3 is 1.04 bits per heavy atom. The highest BCUT2D eigenvalue weighted by Crippen LogP contribution is 2.54. The minimum Gasteiger partial charge on any atom is -0.494 e. The van der Waals surface area contributed by atoms with Crippen molar-refractivity contribution in [3.63, 3.8) is 0 Å². The Morgan fingerprint density at radius 1 is 0.351 bits per heavy atom. The van der Waals surface area contributed by atoms with Crippen LogP contribution in [0.2, 0.25) is 0 Å². The number of unbranched alkanes of at least 4 members (excludes halogenated alkanes) is 16. The van der Waals surface area contributed by atoms with Crippen LogP contribution in [0.15, 0.2) is 133 Å². The lowest BCUT2D eigenvalue weighted by Gasteiger charge is -2.33. The van der Waals surface area contributed by atoms with Gasteiger partial charge < -0.3 is 18.9 Å². The molecule has 6 heteroatoms. The SMILES string of the molecule is CCCCCCCCOc1ccc(C(=O)Oc2ccc(C#Cc3ccc4c(c3)C(CCCCCC)(CCCCCC)c3cc(C#Cc5ccc(OC(=O)c6ccc(OCCCCCCCC)cc6)cc5)ccc3-4)cc2)cc1. The molecule has 0 aromatic heterocycles. The number of fused-ring (bicyclic) bond motifs is 3. The maximum Gasteiger partial charge on any atom is 0.343 e. The van der Waals surface area contributed by atoms with Gasteiger partial charge >= 0.3 is 11.9 Å². The molecular formula is C71H82O6. The van der Waals surface area contributed by atoms with Gasteiger partial charge in [-0.25, -0.2) is 9.59 Å². The molecule has 0 saturated heterocycles. The molecular weight excluding hydrogens is 949 g/mol. The van der Waals surface area contributed by atoms with Crippen LogP contribution < -0.4 is 18.9 Å². The van der Waals surface area contributed by atoms with E-state index in [2.05, 4.69) is 87.8 Å². The highest BCUT2D eigenvalue weighted by Gasteiger charge is 2.42. The molecule has 7 rings (SSSR count). The highest BCUT2D eigenvalue weighted by molar-refractivity contribution is 5.92. The van der Waals surface area contributed by atoms with Gasteiger partial charge in [-0.15, -0.1) is 0 Å². The zero-order valence-electron chi connectivity index (χ0n) is 46.6. The normalized spacial score (nSPS) is 11.8. The Kier molecular flexibility index (Phi) is 23.4. The number of carbonyl (C=O) groups excluding carboxylic acids is 2. The van der Waals surface area contributed by atoms with Gasteiger partial charge in [0.1, 0.15) is 23.0 Å². The van der Waals surface area contributed by atoms with Gasteiger partial charge in [0.05, 0.1) is 24.3 Å². The maximum absolute atomic E-state index is 13.0. The average molecular weight is 1030 g/mol. The average Bonchev–Trinajstić information content (AvgIpc) is 3.72. The van der Waals surface area contributed by atoms with E-state index in [0.717, 1.165) is 72.3 Å². The Bertz CT molecular complexity index is 2690. The molecule has 0 heterocycles. The van der Waals surface area contributed by atoms with Crippen LogP contribution in [-0.4, -0.2) is 25.2 Å². The topological polar surface area (TPSA) is 71.1 Å². The molecule has 6 aromatic rings. The number of esters is 2. The van der Waals surface area contributed by atoms with Crippen LogP contribution in [0.25, 0.3) is 11.1 Å². The highest BCUT2D eigenvalue weighted by atomic mass is 16.5. The molecule has 0 amide bonds. The van der Waals surface area contributed by atoms with Crippen molar-refractivity contribution in [2.24, 2.45) is 0 Å². The Balaban J connectivity index is 1.01. The third-order valence-corrected chi connectivity index (χ3v) is 14.8. The smallest absolute Gasteiger partial charge is 0.343 e. The Hall–Kier alpha value is -7.02. The van der Waals surface area contributed by atoms with Crippen LogP contribution in [0.4, 0.5) is 0 Å². The van der Waals surface area contributed by atoms with Gasteiger partial charge in [0, 0.05) is 27.7 Å². The van der Waals surface area contributed by atoms with Crippen molar-refractivity contribution >= 4 is 11.9 Å².